The second-order valence-electron chi connectivity index (χ2n) is 6.48. The van der Waals surface area contributed by atoms with Crippen molar-refractivity contribution in [2.75, 3.05) is 24.5 Å². The molecule has 0 bridgehead atoms. The standard InChI is InChI=1S/C18H21N5OS/c1-14-12-21(13-15-6-3-2-4-7-15)10-5-11-22(14)18-20-23-16(24)8-9-19-17(23)25-18/h2-4,6-9,14H,5,10-13H2,1H3. The Morgan fingerprint density at radius 1 is 1.20 bits per heavy atom. The predicted octanol–water partition coefficient (Wildman–Crippen LogP) is 2.25. The summed E-state index contributed by atoms with van der Waals surface area (Å²) in [5.41, 5.74) is 1.22. The Hall–Kier alpha value is -2.25. The summed E-state index contributed by atoms with van der Waals surface area (Å²) in [6.07, 6.45) is 2.63. The van der Waals surface area contributed by atoms with Gasteiger partial charge >= 0.3 is 0 Å². The van der Waals surface area contributed by atoms with Gasteiger partial charge < -0.3 is 4.90 Å². The molecule has 0 aliphatic carbocycles. The molecule has 130 valence electrons. The Morgan fingerprint density at radius 2 is 2.04 bits per heavy atom. The third-order valence-electron chi connectivity index (χ3n) is 4.58. The third-order valence-corrected chi connectivity index (χ3v) is 5.54. The van der Waals surface area contributed by atoms with Gasteiger partial charge in [-0.15, -0.1) is 5.10 Å². The Bertz CT molecular complexity index is 906. The minimum atomic E-state index is -0.124. The quantitative estimate of drug-likeness (QED) is 0.721. The van der Waals surface area contributed by atoms with Gasteiger partial charge in [-0.2, -0.15) is 4.52 Å². The van der Waals surface area contributed by atoms with E-state index in [1.807, 2.05) is 0 Å². The molecule has 2 aromatic heterocycles. The van der Waals surface area contributed by atoms with E-state index in [1.165, 1.54) is 27.5 Å². The van der Waals surface area contributed by atoms with Crippen molar-refractivity contribution in [2.24, 2.45) is 0 Å². The number of hydrogen-bond donors (Lipinski definition) is 0. The second-order valence-corrected chi connectivity index (χ2v) is 7.41. The SMILES string of the molecule is CC1CN(Cc2ccccc2)CCCN1c1nn2c(=O)ccnc2s1. The molecule has 0 radical (unpaired) electrons. The lowest BCUT2D eigenvalue weighted by Gasteiger charge is -2.28. The van der Waals surface area contributed by atoms with Crippen molar-refractivity contribution in [3.8, 4) is 0 Å². The molecule has 0 spiro atoms. The van der Waals surface area contributed by atoms with Crippen LogP contribution in [0.15, 0.2) is 47.4 Å². The fourth-order valence-electron chi connectivity index (χ4n) is 3.37. The van der Waals surface area contributed by atoms with Crippen LogP contribution in [-0.2, 0) is 6.54 Å². The minimum Gasteiger partial charge on any atom is -0.343 e. The van der Waals surface area contributed by atoms with Gasteiger partial charge in [0.1, 0.15) is 0 Å². The topological polar surface area (TPSA) is 53.7 Å². The number of hydrogen-bond acceptors (Lipinski definition) is 6. The maximum Gasteiger partial charge on any atom is 0.275 e. The molecule has 1 aromatic carbocycles. The molecule has 3 heterocycles. The molecule has 1 aliphatic rings. The number of anilines is 1. The Balaban J connectivity index is 1.53. The van der Waals surface area contributed by atoms with Crippen LogP contribution in [0.3, 0.4) is 0 Å². The van der Waals surface area contributed by atoms with E-state index in [2.05, 4.69) is 57.1 Å². The zero-order valence-electron chi connectivity index (χ0n) is 14.2. The van der Waals surface area contributed by atoms with Gasteiger partial charge in [-0.05, 0) is 18.9 Å². The zero-order chi connectivity index (χ0) is 17.2. The first-order chi connectivity index (χ1) is 12.2. The van der Waals surface area contributed by atoms with E-state index in [1.54, 1.807) is 6.20 Å². The van der Waals surface area contributed by atoms with Gasteiger partial charge in [0, 0.05) is 44.5 Å². The van der Waals surface area contributed by atoms with Crippen molar-refractivity contribution in [3.05, 3.63) is 58.5 Å². The van der Waals surface area contributed by atoms with E-state index in [0.717, 1.165) is 37.7 Å². The van der Waals surface area contributed by atoms with Crippen molar-refractivity contribution >= 4 is 21.4 Å². The normalized spacial score (nSPS) is 19.2. The average molecular weight is 355 g/mol. The van der Waals surface area contributed by atoms with E-state index in [4.69, 9.17) is 0 Å². The van der Waals surface area contributed by atoms with Gasteiger partial charge in [-0.1, -0.05) is 41.7 Å². The summed E-state index contributed by atoms with van der Waals surface area (Å²) in [6, 6.07) is 12.4. The second kappa shape index (κ2) is 6.93. The fraction of sp³-hybridized carbons (Fsp3) is 0.389. The predicted molar refractivity (Wildman–Crippen MR) is 100 cm³/mol. The number of benzene rings is 1. The molecule has 1 fully saturated rings. The molecular formula is C18H21N5OS. The first kappa shape index (κ1) is 16.2. The fourth-order valence-corrected chi connectivity index (χ4v) is 4.37. The highest BCUT2D eigenvalue weighted by molar-refractivity contribution is 7.20. The van der Waals surface area contributed by atoms with E-state index >= 15 is 0 Å². The van der Waals surface area contributed by atoms with Crippen LogP contribution in [0.1, 0.15) is 18.9 Å². The molecule has 1 atom stereocenters. The van der Waals surface area contributed by atoms with E-state index in [9.17, 15) is 4.79 Å². The largest absolute Gasteiger partial charge is 0.343 e. The van der Waals surface area contributed by atoms with Crippen molar-refractivity contribution in [2.45, 2.75) is 25.9 Å². The van der Waals surface area contributed by atoms with Crippen LogP contribution < -0.4 is 10.5 Å². The maximum absolute atomic E-state index is 11.9. The summed E-state index contributed by atoms with van der Waals surface area (Å²) in [4.78, 5) is 21.6. The van der Waals surface area contributed by atoms with Gasteiger partial charge in [0.15, 0.2) is 0 Å². The minimum absolute atomic E-state index is 0.124. The van der Waals surface area contributed by atoms with Gasteiger partial charge in [-0.3, -0.25) is 9.69 Å². The summed E-state index contributed by atoms with van der Waals surface area (Å²) in [5.74, 6) is 0. The monoisotopic (exact) mass is 355 g/mol. The summed E-state index contributed by atoms with van der Waals surface area (Å²) in [5, 5.41) is 5.38. The summed E-state index contributed by atoms with van der Waals surface area (Å²) < 4.78 is 1.40. The van der Waals surface area contributed by atoms with Crippen LogP contribution in [0.2, 0.25) is 0 Å². The summed E-state index contributed by atoms with van der Waals surface area (Å²) in [6.45, 7) is 6.19. The molecule has 0 saturated carbocycles. The number of rotatable bonds is 3. The summed E-state index contributed by atoms with van der Waals surface area (Å²) in [7, 11) is 0. The van der Waals surface area contributed by atoms with Crippen LogP contribution in [0.5, 0.6) is 0 Å². The molecule has 1 unspecified atom stereocenters. The van der Waals surface area contributed by atoms with Crippen molar-refractivity contribution < 1.29 is 0 Å². The molecule has 0 amide bonds. The lowest BCUT2D eigenvalue weighted by molar-refractivity contribution is 0.268. The molecule has 6 nitrogen and oxygen atoms in total. The Morgan fingerprint density at radius 3 is 2.84 bits per heavy atom. The number of fused-ring (bicyclic) bond motifs is 1. The van der Waals surface area contributed by atoms with E-state index in [-0.39, 0.29) is 5.56 Å². The molecule has 0 N–H and O–H groups in total. The lowest BCUT2D eigenvalue weighted by atomic mass is 10.2. The molecule has 3 aromatic rings. The van der Waals surface area contributed by atoms with Crippen molar-refractivity contribution in [1.82, 2.24) is 19.5 Å². The van der Waals surface area contributed by atoms with E-state index < -0.39 is 0 Å². The Kier molecular flexibility index (Phi) is 4.50. The van der Waals surface area contributed by atoms with Gasteiger partial charge in [-0.25, -0.2) is 4.98 Å². The van der Waals surface area contributed by atoms with Gasteiger partial charge in [0.2, 0.25) is 10.1 Å². The molecule has 25 heavy (non-hydrogen) atoms. The van der Waals surface area contributed by atoms with Crippen LogP contribution in [-0.4, -0.2) is 45.2 Å². The molecule has 1 aliphatic heterocycles. The van der Waals surface area contributed by atoms with Crippen LogP contribution >= 0.6 is 11.3 Å². The number of nitrogens with zero attached hydrogens (tertiary/aromatic N) is 5. The number of aromatic nitrogens is 3. The highest BCUT2D eigenvalue weighted by Gasteiger charge is 2.24. The van der Waals surface area contributed by atoms with E-state index in [0.29, 0.717) is 11.0 Å². The van der Waals surface area contributed by atoms with Gasteiger partial charge in [0.25, 0.3) is 5.56 Å². The third kappa shape index (κ3) is 3.43. The highest BCUT2D eigenvalue weighted by Crippen LogP contribution is 2.25. The smallest absolute Gasteiger partial charge is 0.275 e. The molecule has 4 rings (SSSR count). The molecule has 1 saturated heterocycles. The van der Waals surface area contributed by atoms with Crippen molar-refractivity contribution in [1.29, 1.82) is 0 Å². The van der Waals surface area contributed by atoms with Crippen LogP contribution in [0, 0.1) is 0 Å². The van der Waals surface area contributed by atoms with Crippen LogP contribution in [0.25, 0.3) is 4.96 Å². The first-order valence-corrected chi connectivity index (χ1v) is 9.40. The summed E-state index contributed by atoms with van der Waals surface area (Å²) >= 11 is 1.48. The van der Waals surface area contributed by atoms with Crippen LogP contribution in [0.4, 0.5) is 5.13 Å². The lowest BCUT2D eigenvalue weighted by Crippen LogP contribution is -2.39. The highest BCUT2D eigenvalue weighted by atomic mass is 32.1. The molecule has 7 heteroatoms. The zero-order valence-corrected chi connectivity index (χ0v) is 15.0. The van der Waals surface area contributed by atoms with Crippen molar-refractivity contribution in [3.63, 3.8) is 0 Å². The first-order valence-electron chi connectivity index (χ1n) is 8.58. The Labute approximate surface area is 150 Å². The van der Waals surface area contributed by atoms with Gasteiger partial charge in [0.05, 0.1) is 0 Å². The average Bonchev–Trinajstić information content (AvgIpc) is 2.96. The maximum atomic E-state index is 11.9. The molecular weight excluding hydrogens is 334 g/mol.